The Morgan fingerprint density at radius 3 is 3.17 bits per heavy atom. The summed E-state index contributed by atoms with van der Waals surface area (Å²) in [5.41, 5.74) is 1.86. The number of nitrogens with one attached hydrogen (secondary N) is 2. The van der Waals surface area contributed by atoms with E-state index in [9.17, 15) is 9.59 Å². The van der Waals surface area contributed by atoms with Crippen LogP contribution in [0.25, 0.3) is 0 Å². The Labute approximate surface area is 109 Å². The van der Waals surface area contributed by atoms with Crippen LogP contribution < -0.4 is 10.6 Å². The maximum absolute atomic E-state index is 11.3. The van der Waals surface area contributed by atoms with Gasteiger partial charge in [0.15, 0.2) is 0 Å². The van der Waals surface area contributed by atoms with Gasteiger partial charge in [-0.3, -0.25) is 9.59 Å². The van der Waals surface area contributed by atoms with E-state index in [4.69, 9.17) is 0 Å². The Morgan fingerprint density at radius 2 is 2.39 bits per heavy atom. The fourth-order valence-corrected chi connectivity index (χ4v) is 2.41. The van der Waals surface area contributed by atoms with Crippen LogP contribution >= 0.6 is 11.8 Å². The molecule has 96 valence electrons. The van der Waals surface area contributed by atoms with Crippen LogP contribution in [-0.2, 0) is 20.9 Å². The van der Waals surface area contributed by atoms with Crippen molar-refractivity contribution in [3.05, 3.63) is 23.8 Å². The van der Waals surface area contributed by atoms with Crippen molar-refractivity contribution >= 4 is 29.3 Å². The summed E-state index contributed by atoms with van der Waals surface area (Å²) in [4.78, 5) is 23.3. The zero-order valence-corrected chi connectivity index (χ0v) is 10.8. The van der Waals surface area contributed by atoms with Gasteiger partial charge >= 0.3 is 5.97 Å². The third-order valence-corrected chi connectivity index (χ3v) is 3.58. The molecule has 0 aromatic heterocycles. The van der Waals surface area contributed by atoms with Crippen LogP contribution in [0.15, 0.2) is 23.1 Å². The molecular formula is C12H14N2O3S. The number of benzene rings is 1. The van der Waals surface area contributed by atoms with Gasteiger partial charge < -0.3 is 15.4 Å². The van der Waals surface area contributed by atoms with Gasteiger partial charge in [0.25, 0.3) is 0 Å². The molecule has 1 aromatic rings. The van der Waals surface area contributed by atoms with E-state index in [-0.39, 0.29) is 18.4 Å². The number of ether oxygens (including phenoxy) is 1. The molecule has 0 saturated carbocycles. The predicted octanol–water partition coefficient (Wildman–Crippen LogP) is 0.993. The third-order valence-electron chi connectivity index (χ3n) is 2.50. The summed E-state index contributed by atoms with van der Waals surface area (Å²) >= 11 is 1.53. The number of carbonyl (C=O) groups is 2. The van der Waals surface area contributed by atoms with E-state index in [1.54, 1.807) is 0 Å². The van der Waals surface area contributed by atoms with Crippen LogP contribution in [0.3, 0.4) is 0 Å². The Hall–Kier alpha value is -1.53. The molecule has 5 nitrogen and oxygen atoms in total. The van der Waals surface area contributed by atoms with Crippen molar-refractivity contribution in [2.45, 2.75) is 11.4 Å². The average Bonchev–Trinajstić information content (AvgIpc) is 2.38. The lowest BCUT2D eigenvalue weighted by Crippen LogP contribution is -2.24. The van der Waals surface area contributed by atoms with Gasteiger partial charge in [-0.25, -0.2) is 0 Å². The fraction of sp³-hybridized carbons (Fsp3) is 0.333. The molecule has 2 N–H and O–H groups in total. The molecule has 1 heterocycles. The van der Waals surface area contributed by atoms with E-state index in [0.717, 1.165) is 16.1 Å². The average molecular weight is 266 g/mol. The first-order valence-electron chi connectivity index (χ1n) is 5.52. The van der Waals surface area contributed by atoms with Crippen LogP contribution in [0.1, 0.15) is 5.56 Å². The van der Waals surface area contributed by atoms with Crippen molar-refractivity contribution in [3.63, 3.8) is 0 Å². The van der Waals surface area contributed by atoms with E-state index in [1.165, 1.54) is 18.9 Å². The molecular weight excluding hydrogens is 252 g/mol. The van der Waals surface area contributed by atoms with Crippen molar-refractivity contribution < 1.29 is 14.3 Å². The Morgan fingerprint density at radius 1 is 1.56 bits per heavy atom. The number of carbonyl (C=O) groups excluding carboxylic acids is 2. The zero-order valence-electron chi connectivity index (χ0n) is 9.99. The normalized spacial score (nSPS) is 13.7. The summed E-state index contributed by atoms with van der Waals surface area (Å²) in [6.45, 7) is 0.734. The number of anilines is 1. The van der Waals surface area contributed by atoms with Crippen molar-refractivity contribution in [1.82, 2.24) is 5.32 Å². The predicted molar refractivity (Wildman–Crippen MR) is 69.5 cm³/mol. The molecule has 0 radical (unpaired) electrons. The van der Waals surface area contributed by atoms with Crippen LogP contribution in [0.4, 0.5) is 5.69 Å². The maximum Gasteiger partial charge on any atom is 0.319 e. The van der Waals surface area contributed by atoms with Crippen molar-refractivity contribution in [3.8, 4) is 0 Å². The van der Waals surface area contributed by atoms with E-state index < -0.39 is 0 Å². The van der Waals surface area contributed by atoms with Gasteiger partial charge in [-0.1, -0.05) is 6.07 Å². The van der Waals surface area contributed by atoms with Crippen LogP contribution in [0, 0.1) is 0 Å². The van der Waals surface area contributed by atoms with Gasteiger partial charge in [0, 0.05) is 11.4 Å². The van der Waals surface area contributed by atoms with E-state index >= 15 is 0 Å². The summed E-state index contributed by atoms with van der Waals surface area (Å²) in [7, 11) is 1.36. The number of hydrogen-bond donors (Lipinski definition) is 2. The van der Waals surface area contributed by atoms with Gasteiger partial charge in [0.1, 0.15) is 0 Å². The van der Waals surface area contributed by atoms with Crippen LogP contribution in [0.2, 0.25) is 0 Å². The topological polar surface area (TPSA) is 67.4 Å². The number of fused-ring (bicyclic) bond motifs is 1. The highest BCUT2D eigenvalue weighted by Gasteiger charge is 2.15. The Kier molecular flexibility index (Phi) is 4.22. The highest BCUT2D eigenvalue weighted by atomic mass is 32.2. The summed E-state index contributed by atoms with van der Waals surface area (Å²) in [6.07, 6.45) is 0. The van der Waals surface area contributed by atoms with Gasteiger partial charge in [-0.2, -0.15) is 0 Å². The van der Waals surface area contributed by atoms with Gasteiger partial charge in [0.05, 0.1) is 25.1 Å². The summed E-state index contributed by atoms with van der Waals surface area (Å²) in [5.74, 6) is 0.191. The number of esters is 1. The van der Waals surface area contributed by atoms with Crippen molar-refractivity contribution in [1.29, 1.82) is 0 Å². The SMILES string of the molecule is COC(=O)CNCc1ccc2c(c1)NC(=O)CS2. The highest BCUT2D eigenvalue weighted by molar-refractivity contribution is 8.00. The summed E-state index contributed by atoms with van der Waals surface area (Å²) in [5, 5.41) is 5.81. The second kappa shape index (κ2) is 5.88. The number of methoxy groups -OCH3 is 1. The van der Waals surface area contributed by atoms with E-state index in [2.05, 4.69) is 15.4 Å². The molecule has 0 spiro atoms. The number of rotatable bonds is 4. The van der Waals surface area contributed by atoms with Gasteiger partial charge in [0.2, 0.25) is 5.91 Å². The first-order valence-corrected chi connectivity index (χ1v) is 6.50. The lowest BCUT2D eigenvalue weighted by Gasteiger charge is -2.17. The monoisotopic (exact) mass is 266 g/mol. The minimum atomic E-state index is -0.295. The van der Waals surface area contributed by atoms with Crippen LogP contribution in [0.5, 0.6) is 0 Å². The van der Waals surface area contributed by atoms with E-state index in [1.807, 2.05) is 18.2 Å². The molecule has 1 aromatic carbocycles. The molecule has 1 amide bonds. The number of amides is 1. The smallest absolute Gasteiger partial charge is 0.319 e. The standard InChI is InChI=1S/C12H14N2O3S/c1-17-12(16)6-13-5-8-2-3-10-9(4-8)14-11(15)7-18-10/h2-4,13H,5-7H2,1H3,(H,14,15). The second-order valence-corrected chi connectivity index (χ2v) is 4.86. The summed E-state index contributed by atoms with van der Waals surface area (Å²) in [6, 6.07) is 5.88. The minimum Gasteiger partial charge on any atom is -0.468 e. The molecule has 0 saturated heterocycles. The maximum atomic E-state index is 11.3. The molecule has 0 aliphatic carbocycles. The molecule has 0 bridgehead atoms. The molecule has 0 atom stereocenters. The Bertz CT molecular complexity index is 476. The van der Waals surface area contributed by atoms with Crippen molar-refractivity contribution in [2.75, 3.05) is 24.7 Å². The lowest BCUT2D eigenvalue weighted by atomic mass is 10.2. The quantitative estimate of drug-likeness (QED) is 0.796. The molecule has 1 aliphatic heterocycles. The molecule has 1 aliphatic rings. The molecule has 2 rings (SSSR count). The second-order valence-electron chi connectivity index (χ2n) is 3.85. The first kappa shape index (κ1) is 12.9. The highest BCUT2D eigenvalue weighted by Crippen LogP contribution is 2.31. The van der Waals surface area contributed by atoms with Gasteiger partial charge in [-0.05, 0) is 17.7 Å². The number of hydrogen-bond acceptors (Lipinski definition) is 5. The lowest BCUT2D eigenvalue weighted by molar-refractivity contribution is -0.139. The zero-order chi connectivity index (χ0) is 13.0. The first-order chi connectivity index (χ1) is 8.69. The van der Waals surface area contributed by atoms with Crippen LogP contribution in [-0.4, -0.2) is 31.3 Å². The number of thioether (sulfide) groups is 1. The molecule has 0 fully saturated rings. The molecule has 6 heteroatoms. The minimum absolute atomic E-state index is 0.0205. The van der Waals surface area contributed by atoms with E-state index in [0.29, 0.717) is 12.3 Å². The third kappa shape index (κ3) is 3.24. The fourth-order valence-electron chi connectivity index (χ4n) is 1.62. The summed E-state index contributed by atoms with van der Waals surface area (Å²) < 4.78 is 4.53. The largest absolute Gasteiger partial charge is 0.468 e. The molecule has 0 unspecified atom stereocenters. The van der Waals surface area contributed by atoms with Crippen molar-refractivity contribution in [2.24, 2.45) is 0 Å². The Balaban J connectivity index is 1.96. The molecule has 18 heavy (non-hydrogen) atoms. The van der Waals surface area contributed by atoms with Gasteiger partial charge in [-0.15, -0.1) is 11.8 Å².